The van der Waals surface area contributed by atoms with Gasteiger partial charge in [-0.15, -0.1) is 0 Å². The van der Waals surface area contributed by atoms with Crippen LogP contribution in [0.25, 0.3) is 0 Å². The van der Waals surface area contributed by atoms with Gasteiger partial charge in [-0.2, -0.15) is 0 Å². The number of halogens is 2. The minimum atomic E-state index is -4.02. The molecule has 3 aromatic carbocycles. The SMILES string of the molecule is Cc1ccc(NS(=O)(=O)c2cc(C(=O)Nc3ccccc3)c(Cl)cc2Cl)cc1. The molecule has 0 bridgehead atoms. The van der Waals surface area contributed by atoms with Crippen LogP contribution in [0.2, 0.25) is 10.0 Å². The van der Waals surface area contributed by atoms with E-state index in [1.165, 1.54) is 12.1 Å². The normalized spacial score (nSPS) is 11.1. The Morgan fingerprint density at radius 2 is 1.50 bits per heavy atom. The van der Waals surface area contributed by atoms with Crippen LogP contribution in [0, 0.1) is 6.92 Å². The second-order valence-corrected chi connectivity index (χ2v) is 8.52. The summed E-state index contributed by atoms with van der Waals surface area (Å²) >= 11 is 12.2. The molecule has 0 heterocycles. The molecule has 0 spiro atoms. The van der Waals surface area contributed by atoms with Gasteiger partial charge in [0.1, 0.15) is 4.90 Å². The summed E-state index contributed by atoms with van der Waals surface area (Å²) < 4.78 is 28.0. The Morgan fingerprint density at radius 3 is 2.14 bits per heavy atom. The van der Waals surface area contributed by atoms with E-state index in [0.717, 1.165) is 5.56 Å². The number of para-hydroxylation sites is 1. The van der Waals surface area contributed by atoms with Crippen LogP contribution in [0.15, 0.2) is 71.6 Å². The number of benzene rings is 3. The van der Waals surface area contributed by atoms with Crippen molar-refractivity contribution in [1.82, 2.24) is 0 Å². The highest BCUT2D eigenvalue weighted by molar-refractivity contribution is 7.92. The van der Waals surface area contributed by atoms with E-state index in [4.69, 9.17) is 23.2 Å². The standard InChI is InChI=1S/C20H16Cl2N2O3S/c1-13-7-9-15(10-8-13)24-28(26,27)19-11-16(17(21)12-18(19)22)20(25)23-14-5-3-2-4-6-14/h2-12,24H,1H3,(H,23,25). The summed E-state index contributed by atoms with van der Waals surface area (Å²) in [6, 6.07) is 18.0. The maximum Gasteiger partial charge on any atom is 0.263 e. The van der Waals surface area contributed by atoms with E-state index in [0.29, 0.717) is 11.4 Å². The number of aryl methyl sites for hydroxylation is 1. The average molecular weight is 435 g/mol. The lowest BCUT2D eigenvalue weighted by Gasteiger charge is -2.13. The van der Waals surface area contributed by atoms with E-state index < -0.39 is 15.9 Å². The van der Waals surface area contributed by atoms with Crippen molar-refractivity contribution in [1.29, 1.82) is 0 Å². The molecule has 1 amide bonds. The first-order chi connectivity index (χ1) is 13.3. The molecule has 144 valence electrons. The summed E-state index contributed by atoms with van der Waals surface area (Å²) in [4.78, 5) is 12.3. The quantitative estimate of drug-likeness (QED) is 0.567. The van der Waals surface area contributed by atoms with E-state index in [1.807, 2.05) is 13.0 Å². The molecular formula is C20H16Cl2N2O3S. The predicted molar refractivity (Wildman–Crippen MR) is 113 cm³/mol. The van der Waals surface area contributed by atoms with Crippen LogP contribution >= 0.6 is 23.2 Å². The van der Waals surface area contributed by atoms with Crippen LogP contribution in [0.3, 0.4) is 0 Å². The maximum atomic E-state index is 12.8. The van der Waals surface area contributed by atoms with Crippen molar-refractivity contribution in [3.8, 4) is 0 Å². The Balaban J connectivity index is 1.94. The lowest BCUT2D eigenvalue weighted by atomic mass is 10.2. The van der Waals surface area contributed by atoms with Crippen molar-refractivity contribution in [2.45, 2.75) is 11.8 Å². The third kappa shape index (κ3) is 4.65. The summed E-state index contributed by atoms with van der Waals surface area (Å²) in [6.45, 7) is 1.89. The second-order valence-electron chi connectivity index (χ2n) is 6.05. The highest BCUT2D eigenvalue weighted by Gasteiger charge is 2.23. The Morgan fingerprint density at radius 1 is 0.857 bits per heavy atom. The highest BCUT2D eigenvalue weighted by atomic mass is 35.5. The maximum absolute atomic E-state index is 12.8. The molecule has 0 aliphatic rings. The topological polar surface area (TPSA) is 75.3 Å². The van der Waals surface area contributed by atoms with Crippen molar-refractivity contribution >= 4 is 50.5 Å². The third-order valence-electron chi connectivity index (χ3n) is 3.89. The summed E-state index contributed by atoms with van der Waals surface area (Å²) in [5.74, 6) is -0.542. The van der Waals surface area contributed by atoms with Crippen molar-refractivity contribution in [3.05, 3.63) is 87.9 Å². The molecule has 0 atom stereocenters. The van der Waals surface area contributed by atoms with Crippen LogP contribution in [-0.2, 0) is 10.0 Å². The molecule has 0 aliphatic heterocycles. The van der Waals surface area contributed by atoms with Crippen molar-refractivity contribution < 1.29 is 13.2 Å². The smallest absolute Gasteiger partial charge is 0.263 e. The fraction of sp³-hybridized carbons (Fsp3) is 0.0500. The number of rotatable bonds is 5. The van der Waals surface area contributed by atoms with Gasteiger partial charge < -0.3 is 5.32 Å². The number of amides is 1. The summed E-state index contributed by atoms with van der Waals surface area (Å²) in [5.41, 5.74) is 1.93. The third-order valence-corrected chi connectivity index (χ3v) is 6.05. The molecule has 28 heavy (non-hydrogen) atoms. The van der Waals surface area contributed by atoms with E-state index in [1.54, 1.807) is 48.5 Å². The molecule has 8 heteroatoms. The Bertz CT molecular complexity index is 1120. The van der Waals surface area contributed by atoms with Gasteiger partial charge in [-0.1, -0.05) is 59.1 Å². The lowest BCUT2D eigenvalue weighted by molar-refractivity contribution is 0.102. The molecular weight excluding hydrogens is 419 g/mol. The van der Waals surface area contributed by atoms with E-state index in [-0.39, 0.29) is 20.5 Å². The number of carbonyl (C=O) groups is 1. The van der Waals surface area contributed by atoms with Gasteiger partial charge in [-0.05, 0) is 43.3 Å². The largest absolute Gasteiger partial charge is 0.322 e. The van der Waals surface area contributed by atoms with Gasteiger partial charge in [0.05, 0.1) is 15.6 Å². The molecule has 0 aliphatic carbocycles. The van der Waals surface area contributed by atoms with Gasteiger partial charge in [0.25, 0.3) is 15.9 Å². The zero-order valence-corrected chi connectivity index (χ0v) is 17.1. The summed E-state index contributed by atoms with van der Waals surface area (Å²) in [7, 11) is -4.02. The number of sulfonamides is 1. The molecule has 0 saturated carbocycles. The Hall–Kier alpha value is -2.54. The molecule has 0 aromatic heterocycles. The van der Waals surface area contributed by atoms with Gasteiger partial charge in [0, 0.05) is 11.4 Å². The molecule has 2 N–H and O–H groups in total. The number of anilines is 2. The Kier molecular flexibility index (Phi) is 5.93. The molecule has 5 nitrogen and oxygen atoms in total. The first-order valence-electron chi connectivity index (χ1n) is 8.21. The van der Waals surface area contributed by atoms with Crippen LogP contribution in [0.1, 0.15) is 15.9 Å². The minimum Gasteiger partial charge on any atom is -0.322 e. The summed E-state index contributed by atoms with van der Waals surface area (Å²) in [5, 5.41) is 2.64. The molecule has 0 saturated heterocycles. The molecule has 0 fully saturated rings. The van der Waals surface area contributed by atoms with Gasteiger partial charge >= 0.3 is 0 Å². The van der Waals surface area contributed by atoms with E-state index >= 15 is 0 Å². The van der Waals surface area contributed by atoms with Crippen LogP contribution in [-0.4, -0.2) is 14.3 Å². The van der Waals surface area contributed by atoms with Crippen molar-refractivity contribution in [2.24, 2.45) is 0 Å². The molecule has 3 rings (SSSR count). The first-order valence-corrected chi connectivity index (χ1v) is 10.4. The van der Waals surface area contributed by atoms with Crippen LogP contribution < -0.4 is 10.0 Å². The number of carbonyl (C=O) groups excluding carboxylic acids is 1. The minimum absolute atomic E-state index is 0.000740. The fourth-order valence-electron chi connectivity index (χ4n) is 2.46. The zero-order chi connectivity index (χ0) is 20.3. The fourth-order valence-corrected chi connectivity index (χ4v) is 4.38. The number of hydrogen-bond donors (Lipinski definition) is 2. The predicted octanol–water partition coefficient (Wildman–Crippen LogP) is 5.35. The average Bonchev–Trinajstić information content (AvgIpc) is 2.64. The van der Waals surface area contributed by atoms with E-state index in [9.17, 15) is 13.2 Å². The number of hydrogen-bond acceptors (Lipinski definition) is 3. The zero-order valence-electron chi connectivity index (χ0n) is 14.7. The molecule has 3 aromatic rings. The van der Waals surface area contributed by atoms with Gasteiger partial charge in [0.2, 0.25) is 0 Å². The van der Waals surface area contributed by atoms with Gasteiger partial charge in [-0.3, -0.25) is 9.52 Å². The van der Waals surface area contributed by atoms with Crippen molar-refractivity contribution in [2.75, 3.05) is 10.0 Å². The first kappa shape index (κ1) is 20.2. The lowest BCUT2D eigenvalue weighted by Crippen LogP contribution is -2.17. The summed E-state index contributed by atoms with van der Waals surface area (Å²) in [6.07, 6.45) is 0. The van der Waals surface area contributed by atoms with E-state index in [2.05, 4.69) is 10.0 Å². The van der Waals surface area contributed by atoms with Crippen LogP contribution in [0.5, 0.6) is 0 Å². The highest BCUT2D eigenvalue weighted by Crippen LogP contribution is 2.30. The second kappa shape index (κ2) is 8.22. The molecule has 0 radical (unpaired) electrons. The van der Waals surface area contributed by atoms with Crippen LogP contribution in [0.4, 0.5) is 11.4 Å². The van der Waals surface area contributed by atoms with Gasteiger partial charge in [-0.25, -0.2) is 8.42 Å². The van der Waals surface area contributed by atoms with Gasteiger partial charge in [0.15, 0.2) is 0 Å². The molecule has 0 unspecified atom stereocenters. The Labute approximate surface area is 173 Å². The monoisotopic (exact) mass is 434 g/mol. The number of nitrogens with one attached hydrogen (secondary N) is 2. The van der Waals surface area contributed by atoms with Crippen molar-refractivity contribution in [3.63, 3.8) is 0 Å².